The lowest BCUT2D eigenvalue weighted by molar-refractivity contribution is 0.0779. The van der Waals surface area contributed by atoms with Crippen molar-refractivity contribution in [3.63, 3.8) is 0 Å². The third kappa shape index (κ3) is 5.90. The molecule has 0 spiro atoms. The Balaban J connectivity index is 1.56. The molecule has 4 rings (SSSR count). The molecule has 1 aromatic heterocycles. The SMILES string of the molecule is CN(CCCC1CCCC1)C(=O)c1nc(Cc2ccccc2)n(-c2ccc(S(N)(=O)=O)cc2)n1. The van der Waals surface area contributed by atoms with E-state index in [0.29, 0.717) is 24.5 Å². The molecule has 0 aliphatic heterocycles. The van der Waals surface area contributed by atoms with Gasteiger partial charge in [-0.25, -0.2) is 23.2 Å². The Kier molecular flexibility index (Phi) is 7.43. The van der Waals surface area contributed by atoms with Crippen LogP contribution >= 0.6 is 0 Å². The van der Waals surface area contributed by atoms with E-state index in [9.17, 15) is 13.2 Å². The molecular formula is C25H31N5O3S. The molecule has 9 heteroatoms. The van der Waals surface area contributed by atoms with Crippen molar-refractivity contribution in [3.8, 4) is 5.69 Å². The number of carbonyl (C=O) groups is 1. The largest absolute Gasteiger partial charge is 0.339 e. The molecule has 2 aromatic carbocycles. The van der Waals surface area contributed by atoms with E-state index in [1.165, 1.54) is 37.8 Å². The van der Waals surface area contributed by atoms with Gasteiger partial charge in [-0.15, -0.1) is 5.10 Å². The Morgan fingerprint density at radius 3 is 2.41 bits per heavy atom. The first-order valence-corrected chi connectivity index (χ1v) is 13.2. The molecule has 0 radical (unpaired) electrons. The van der Waals surface area contributed by atoms with E-state index in [1.807, 2.05) is 30.3 Å². The fraction of sp³-hybridized carbons (Fsp3) is 0.400. The van der Waals surface area contributed by atoms with Gasteiger partial charge in [0.15, 0.2) is 0 Å². The van der Waals surface area contributed by atoms with Crippen LogP contribution < -0.4 is 5.14 Å². The average Bonchev–Trinajstić information content (AvgIpc) is 3.49. The van der Waals surface area contributed by atoms with Gasteiger partial charge in [0, 0.05) is 20.0 Å². The first-order chi connectivity index (χ1) is 16.3. The number of hydrogen-bond donors (Lipinski definition) is 1. The quantitative estimate of drug-likeness (QED) is 0.502. The predicted octanol–water partition coefficient (Wildman–Crippen LogP) is 3.55. The standard InChI is InChI=1S/C25H31N5O3S/c1-29(17-7-12-19-8-5-6-9-19)25(31)24-27-23(18-20-10-3-2-4-11-20)30(28-24)21-13-15-22(16-14-21)34(26,32)33/h2-4,10-11,13-16,19H,5-9,12,17-18H2,1H3,(H2,26,32,33). The summed E-state index contributed by atoms with van der Waals surface area (Å²) in [6.07, 6.45) is 7.85. The van der Waals surface area contributed by atoms with Crippen LogP contribution in [0.3, 0.4) is 0 Å². The van der Waals surface area contributed by atoms with Crippen LogP contribution in [0.1, 0.15) is 60.5 Å². The zero-order valence-corrected chi connectivity index (χ0v) is 20.2. The highest BCUT2D eigenvalue weighted by Gasteiger charge is 2.22. The van der Waals surface area contributed by atoms with Crippen molar-refractivity contribution in [3.05, 3.63) is 71.8 Å². The summed E-state index contributed by atoms with van der Waals surface area (Å²) in [5, 5.41) is 9.73. The summed E-state index contributed by atoms with van der Waals surface area (Å²) >= 11 is 0. The molecule has 1 saturated carbocycles. The summed E-state index contributed by atoms with van der Waals surface area (Å²) in [5.41, 5.74) is 1.63. The number of nitrogens with zero attached hydrogens (tertiary/aromatic N) is 4. The monoisotopic (exact) mass is 481 g/mol. The number of sulfonamides is 1. The van der Waals surface area contributed by atoms with Gasteiger partial charge in [0.2, 0.25) is 15.8 Å². The molecule has 8 nitrogen and oxygen atoms in total. The Bertz CT molecular complexity index is 1220. The second-order valence-corrected chi connectivity index (χ2v) is 10.5. The first-order valence-electron chi connectivity index (χ1n) is 11.7. The lowest BCUT2D eigenvalue weighted by Gasteiger charge is -2.16. The zero-order valence-electron chi connectivity index (χ0n) is 19.4. The van der Waals surface area contributed by atoms with Crippen molar-refractivity contribution in [2.75, 3.05) is 13.6 Å². The number of primary sulfonamides is 1. The van der Waals surface area contributed by atoms with Crippen molar-refractivity contribution < 1.29 is 13.2 Å². The van der Waals surface area contributed by atoms with Crippen molar-refractivity contribution in [1.29, 1.82) is 0 Å². The molecule has 34 heavy (non-hydrogen) atoms. The molecular weight excluding hydrogens is 450 g/mol. The molecule has 0 atom stereocenters. The topological polar surface area (TPSA) is 111 Å². The van der Waals surface area contributed by atoms with Gasteiger partial charge in [-0.2, -0.15) is 0 Å². The maximum atomic E-state index is 13.1. The van der Waals surface area contributed by atoms with Gasteiger partial charge < -0.3 is 4.90 Å². The van der Waals surface area contributed by atoms with Crippen LogP contribution in [-0.4, -0.2) is 47.6 Å². The highest BCUT2D eigenvalue weighted by Crippen LogP contribution is 2.28. The van der Waals surface area contributed by atoms with Crippen LogP contribution in [0.5, 0.6) is 0 Å². The highest BCUT2D eigenvalue weighted by molar-refractivity contribution is 7.89. The minimum Gasteiger partial charge on any atom is -0.339 e. The maximum absolute atomic E-state index is 13.1. The number of benzene rings is 2. The van der Waals surface area contributed by atoms with Crippen LogP contribution in [0.4, 0.5) is 0 Å². The normalized spacial score (nSPS) is 14.4. The Morgan fingerprint density at radius 2 is 1.76 bits per heavy atom. The lowest BCUT2D eigenvalue weighted by atomic mass is 10.0. The number of carbonyl (C=O) groups excluding carboxylic acids is 1. The van der Waals surface area contributed by atoms with E-state index in [4.69, 9.17) is 5.14 Å². The number of hydrogen-bond acceptors (Lipinski definition) is 5. The number of amides is 1. The van der Waals surface area contributed by atoms with E-state index in [2.05, 4.69) is 10.1 Å². The fourth-order valence-electron chi connectivity index (χ4n) is 4.50. The first kappa shape index (κ1) is 24.1. The Hall–Kier alpha value is -3.04. The molecule has 1 heterocycles. The third-order valence-corrected chi connectivity index (χ3v) is 7.34. The summed E-state index contributed by atoms with van der Waals surface area (Å²) in [6, 6.07) is 15.9. The Morgan fingerprint density at radius 1 is 1.09 bits per heavy atom. The molecule has 1 aliphatic carbocycles. The Labute approximate surface area is 200 Å². The molecule has 0 bridgehead atoms. The van der Waals surface area contributed by atoms with Gasteiger partial charge in [0.1, 0.15) is 5.82 Å². The molecule has 2 N–H and O–H groups in total. The summed E-state index contributed by atoms with van der Waals surface area (Å²) < 4.78 is 24.8. The lowest BCUT2D eigenvalue weighted by Crippen LogP contribution is -2.29. The minimum absolute atomic E-state index is 0.0132. The number of rotatable bonds is 9. The van der Waals surface area contributed by atoms with Crippen LogP contribution in [0.2, 0.25) is 0 Å². The van der Waals surface area contributed by atoms with Gasteiger partial charge >= 0.3 is 0 Å². The van der Waals surface area contributed by atoms with Crippen molar-refractivity contribution in [2.24, 2.45) is 11.1 Å². The van der Waals surface area contributed by atoms with E-state index in [0.717, 1.165) is 24.3 Å². The van der Waals surface area contributed by atoms with Crippen LogP contribution in [0.15, 0.2) is 59.5 Å². The zero-order chi connectivity index (χ0) is 24.1. The van der Waals surface area contributed by atoms with Crippen LogP contribution in [0.25, 0.3) is 5.69 Å². The second-order valence-electron chi connectivity index (χ2n) is 8.98. The minimum atomic E-state index is -3.80. The van der Waals surface area contributed by atoms with E-state index in [1.54, 1.807) is 28.8 Å². The van der Waals surface area contributed by atoms with E-state index >= 15 is 0 Å². The van der Waals surface area contributed by atoms with Gasteiger partial charge in [-0.05, 0) is 48.6 Å². The third-order valence-electron chi connectivity index (χ3n) is 6.41. The van der Waals surface area contributed by atoms with Crippen LogP contribution in [-0.2, 0) is 16.4 Å². The van der Waals surface area contributed by atoms with Crippen molar-refractivity contribution in [1.82, 2.24) is 19.7 Å². The molecule has 3 aromatic rings. The van der Waals surface area contributed by atoms with Gasteiger partial charge in [0.25, 0.3) is 5.91 Å². The van der Waals surface area contributed by atoms with Crippen molar-refractivity contribution >= 4 is 15.9 Å². The highest BCUT2D eigenvalue weighted by atomic mass is 32.2. The smallest absolute Gasteiger partial charge is 0.293 e. The fourth-order valence-corrected chi connectivity index (χ4v) is 5.02. The summed E-state index contributed by atoms with van der Waals surface area (Å²) in [4.78, 5) is 19.4. The predicted molar refractivity (Wildman–Crippen MR) is 130 cm³/mol. The van der Waals surface area contributed by atoms with Gasteiger partial charge in [-0.1, -0.05) is 56.0 Å². The molecule has 0 saturated heterocycles. The summed E-state index contributed by atoms with van der Waals surface area (Å²) in [7, 11) is -2.01. The van der Waals surface area contributed by atoms with E-state index in [-0.39, 0.29) is 16.6 Å². The number of aromatic nitrogens is 3. The average molecular weight is 482 g/mol. The van der Waals surface area contributed by atoms with Gasteiger partial charge in [0.05, 0.1) is 10.6 Å². The number of nitrogens with two attached hydrogens (primary N) is 1. The molecule has 1 aliphatic rings. The maximum Gasteiger partial charge on any atom is 0.293 e. The summed E-state index contributed by atoms with van der Waals surface area (Å²) in [6.45, 7) is 0.668. The van der Waals surface area contributed by atoms with E-state index < -0.39 is 10.0 Å². The molecule has 1 fully saturated rings. The van der Waals surface area contributed by atoms with Crippen LogP contribution in [0, 0.1) is 5.92 Å². The molecule has 180 valence electrons. The second kappa shape index (κ2) is 10.5. The van der Waals surface area contributed by atoms with Crippen molar-refractivity contribution in [2.45, 2.75) is 49.8 Å². The molecule has 1 amide bonds. The van der Waals surface area contributed by atoms with Gasteiger partial charge in [-0.3, -0.25) is 4.79 Å². The summed E-state index contributed by atoms with van der Waals surface area (Å²) in [5.74, 6) is 1.29. The molecule has 0 unspecified atom stereocenters.